The summed E-state index contributed by atoms with van der Waals surface area (Å²) in [5.74, 6) is -0.811. The van der Waals surface area contributed by atoms with Gasteiger partial charge >= 0.3 is 0 Å². The van der Waals surface area contributed by atoms with Crippen LogP contribution in [0.25, 0.3) is 0 Å². The number of carbonyl (C=O) groups is 2. The summed E-state index contributed by atoms with van der Waals surface area (Å²) in [5, 5.41) is 17.5. The van der Waals surface area contributed by atoms with Gasteiger partial charge in [-0.15, -0.1) is 0 Å². The monoisotopic (exact) mass is 306 g/mol. The molecule has 1 unspecified atom stereocenters. The third kappa shape index (κ3) is 3.22. The van der Waals surface area contributed by atoms with E-state index in [-0.39, 0.29) is 6.61 Å². The first-order valence-corrected chi connectivity index (χ1v) is 6.92. The van der Waals surface area contributed by atoms with E-state index < -0.39 is 18.0 Å². The third-order valence-corrected chi connectivity index (χ3v) is 3.22. The van der Waals surface area contributed by atoms with Crippen molar-refractivity contribution in [3.63, 3.8) is 0 Å². The van der Waals surface area contributed by atoms with Crippen LogP contribution in [-0.4, -0.2) is 53.3 Å². The molecule has 1 atom stereocenters. The van der Waals surface area contributed by atoms with Crippen LogP contribution in [0.1, 0.15) is 34.1 Å². The Balaban J connectivity index is 1.97. The summed E-state index contributed by atoms with van der Waals surface area (Å²) in [6, 6.07) is 6.61. The predicted octanol–water partition coefficient (Wildman–Crippen LogP) is 1.24. The van der Waals surface area contributed by atoms with Crippen LogP contribution in [0.15, 0.2) is 34.8 Å². The van der Waals surface area contributed by atoms with Gasteiger partial charge in [0.1, 0.15) is 0 Å². The van der Waals surface area contributed by atoms with Gasteiger partial charge in [0.05, 0.1) is 11.1 Å². The number of hydrogen-bond acceptors (Lipinski definition) is 6. The first-order valence-electron chi connectivity index (χ1n) is 6.92. The van der Waals surface area contributed by atoms with Crippen LogP contribution in [0.3, 0.4) is 0 Å². The molecule has 0 aromatic heterocycles. The van der Waals surface area contributed by atoms with Crippen molar-refractivity contribution in [3.05, 3.63) is 35.4 Å². The lowest BCUT2D eigenvalue weighted by Gasteiger charge is -2.19. The Morgan fingerprint density at radius 1 is 1.27 bits per heavy atom. The van der Waals surface area contributed by atoms with E-state index in [9.17, 15) is 9.59 Å². The fraction of sp³-hybridized carbons (Fsp3) is 0.429. The molecule has 1 aliphatic heterocycles. The average molecular weight is 306 g/mol. The molecule has 1 aromatic carbocycles. The van der Waals surface area contributed by atoms with E-state index in [0.717, 1.165) is 4.90 Å². The Kier molecular flexibility index (Phi) is 5.05. The summed E-state index contributed by atoms with van der Waals surface area (Å²) in [5.41, 5.74) is 0.722. The van der Waals surface area contributed by atoms with Gasteiger partial charge in [0, 0.05) is 25.5 Å². The molecule has 8 nitrogen and oxygen atoms in total. The van der Waals surface area contributed by atoms with Gasteiger partial charge in [0.15, 0.2) is 0 Å². The van der Waals surface area contributed by atoms with E-state index in [1.165, 1.54) is 5.01 Å². The number of benzene rings is 1. The van der Waals surface area contributed by atoms with Gasteiger partial charge in [-0.25, -0.2) is 4.90 Å². The highest BCUT2D eigenvalue weighted by molar-refractivity contribution is 6.21. The van der Waals surface area contributed by atoms with E-state index in [2.05, 4.69) is 10.5 Å². The largest absolute Gasteiger partial charge is 0.396 e. The van der Waals surface area contributed by atoms with Gasteiger partial charge < -0.3 is 9.94 Å². The Morgan fingerprint density at radius 3 is 2.41 bits per heavy atom. The molecule has 0 aliphatic carbocycles. The van der Waals surface area contributed by atoms with Gasteiger partial charge in [-0.2, -0.15) is 0 Å². The molecule has 2 rings (SSSR count). The number of fused-ring (bicyclic) bond motifs is 1. The van der Waals surface area contributed by atoms with Crippen molar-refractivity contribution in [3.8, 4) is 0 Å². The molecule has 22 heavy (non-hydrogen) atoms. The summed E-state index contributed by atoms with van der Waals surface area (Å²) >= 11 is 0. The fourth-order valence-corrected chi connectivity index (χ4v) is 2.08. The summed E-state index contributed by atoms with van der Waals surface area (Å²) < 4.78 is 0. The Hall–Kier alpha value is -2.48. The molecular weight excluding hydrogens is 288 g/mol. The van der Waals surface area contributed by atoms with Crippen molar-refractivity contribution in [2.45, 2.75) is 19.6 Å². The second-order valence-electron chi connectivity index (χ2n) is 4.86. The van der Waals surface area contributed by atoms with Gasteiger partial charge in [-0.1, -0.05) is 12.1 Å². The van der Waals surface area contributed by atoms with Crippen LogP contribution in [0.5, 0.6) is 0 Å². The number of hydrogen-bond donors (Lipinski definition) is 1. The van der Waals surface area contributed by atoms with Crippen LogP contribution >= 0.6 is 0 Å². The highest BCUT2D eigenvalue weighted by atomic mass is 16.7. The van der Waals surface area contributed by atoms with E-state index >= 15 is 0 Å². The highest BCUT2D eigenvalue weighted by Crippen LogP contribution is 2.24. The minimum absolute atomic E-state index is 0.0617. The maximum atomic E-state index is 12.2. The maximum Gasteiger partial charge on any atom is 0.264 e. The molecule has 0 saturated heterocycles. The van der Waals surface area contributed by atoms with Crippen LogP contribution in [-0.2, 0) is 4.84 Å². The lowest BCUT2D eigenvalue weighted by molar-refractivity contribution is -0.0357. The van der Waals surface area contributed by atoms with Crippen molar-refractivity contribution in [1.29, 1.82) is 0 Å². The molecule has 1 N–H and O–H groups in total. The van der Waals surface area contributed by atoms with Gasteiger partial charge in [0.25, 0.3) is 11.8 Å². The number of amides is 2. The lowest BCUT2D eigenvalue weighted by Crippen LogP contribution is -2.38. The molecule has 1 heterocycles. The highest BCUT2D eigenvalue weighted by Gasteiger charge is 2.39. The number of imide groups is 1. The van der Waals surface area contributed by atoms with Gasteiger partial charge in [0.2, 0.25) is 6.23 Å². The van der Waals surface area contributed by atoms with Gasteiger partial charge in [-0.3, -0.25) is 14.6 Å². The van der Waals surface area contributed by atoms with E-state index in [4.69, 9.17) is 9.94 Å². The van der Waals surface area contributed by atoms with E-state index in [0.29, 0.717) is 24.1 Å². The van der Waals surface area contributed by atoms with Crippen molar-refractivity contribution >= 4 is 11.8 Å². The molecule has 0 fully saturated rings. The second kappa shape index (κ2) is 6.99. The van der Waals surface area contributed by atoms with Crippen LogP contribution in [0.2, 0.25) is 0 Å². The number of aliphatic hydroxyl groups excluding tert-OH is 1. The van der Waals surface area contributed by atoms with Crippen LogP contribution in [0, 0.1) is 0 Å². The van der Waals surface area contributed by atoms with Crippen LogP contribution < -0.4 is 0 Å². The molecule has 8 heteroatoms. The minimum atomic E-state index is -0.859. The molecule has 2 amide bonds. The molecule has 0 spiro atoms. The molecule has 1 aliphatic rings. The second-order valence-corrected chi connectivity index (χ2v) is 4.86. The summed E-state index contributed by atoms with van der Waals surface area (Å²) in [6.07, 6.45) is -0.300. The maximum absolute atomic E-state index is 12.2. The zero-order valence-electron chi connectivity index (χ0n) is 12.5. The third-order valence-electron chi connectivity index (χ3n) is 3.22. The van der Waals surface area contributed by atoms with Crippen molar-refractivity contribution in [2.75, 3.05) is 20.2 Å². The van der Waals surface area contributed by atoms with Crippen LogP contribution in [0.4, 0.5) is 0 Å². The molecule has 1 aromatic rings. The Labute approximate surface area is 127 Å². The topological polar surface area (TPSA) is 94.8 Å². The smallest absolute Gasteiger partial charge is 0.264 e. The zero-order valence-corrected chi connectivity index (χ0v) is 12.5. The normalized spacial score (nSPS) is 15.3. The number of rotatable bonds is 7. The molecule has 118 valence electrons. The Bertz CT molecular complexity index is 555. The summed E-state index contributed by atoms with van der Waals surface area (Å²) in [7, 11) is 1.68. The number of aliphatic hydroxyl groups is 1. The molecule has 0 saturated carbocycles. The van der Waals surface area contributed by atoms with Crippen molar-refractivity contribution in [2.24, 2.45) is 10.5 Å². The minimum Gasteiger partial charge on any atom is -0.396 e. The SMILES string of the molecule is CC(O/N=N/N(C)CCCO)N1C(=O)c2ccccc2C1=O. The average Bonchev–Trinajstić information content (AvgIpc) is 2.77. The quantitative estimate of drug-likeness (QED) is 0.464. The fourth-order valence-electron chi connectivity index (χ4n) is 2.08. The Morgan fingerprint density at radius 2 is 1.86 bits per heavy atom. The summed E-state index contributed by atoms with van der Waals surface area (Å²) in [4.78, 5) is 30.5. The van der Waals surface area contributed by atoms with E-state index in [1.54, 1.807) is 38.2 Å². The lowest BCUT2D eigenvalue weighted by atomic mass is 10.1. The predicted molar refractivity (Wildman–Crippen MR) is 76.7 cm³/mol. The number of carbonyl (C=O) groups excluding carboxylic acids is 2. The number of nitrogens with zero attached hydrogens (tertiary/aromatic N) is 4. The molecular formula is C14H18N4O4. The molecule has 0 bridgehead atoms. The molecule has 0 radical (unpaired) electrons. The van der Waals surface area contributed by atoms with E-state index in [1.807, 2.05) is 0 Å². The van der Waals surface area contributed by atoms with Crippen molar-refractivity contribution in [1.82, 2.24) is 9.91 Å². The zero-order chi connectivity index (χ0) is 16.1. The first kappa shape index (κ1) is 15.9. The standard InChI is InChI=1S/C14H18N4O4/c1-10(22-16-15-17(2)8-5-9-19)18-13(20)11-6-3-4-7-12(11)14(18)21/h3-4,6-7,10,19H,5,8-9H2,1-2H3/b16-15+. The van der Waals surface area contributed by atoms with Gasteiger partial charge in [-0.05, 0) is 30.7 Å². The summed E-state index contributed by atoms with van der Waals surface area (Å²) in [6.45, 7) is 2.13. The first-order chi connectivity index (χ1) is 10.6. The van der Waals surface area contributed by atoms with Crippen molar-refractivity contribution < 1.29 is 19.5 Å².